The molecule has 1 N–H and O–H groups in total. The molecule has 1 fully saturated rings. The molecule has 2 aromatic rings. The topological polar surface area (TPSA) is 59.4 Å². The van der Waals surface area contributed by atoms with E-state index in [4.69, 9.17) is 16.3 Å². The van der Waals surface area contributed by atoms with Gasteiger partial charge in [-0.3, -0.25) is 4.79 Å². The Kier molecular flexibility index (Phi) is 8.38. The second-order valence-electron chi connectivity index (χ2n) is 7.59. The number of unbranched alkanes of at least 4 members (excludes halogenated alkanes) is 1. The Hall–Kier alpha value is -2.05. The normalized spacial score (nSPS) is 16.8. The molecule has 1 aliphatic heterocycles. The highest BCUT2D eigenvalue weighted by Crippen LogP contribution is 2.18. The van der Waals surface area contributed by atoms with Crippen LogP contribution in [0.15, 0.2) is 36.7 Å². The van der Waals surface area contributed by atoms with Crippen LogP contribution in [0.5, 0.6) is 5.75 Å². The van der Waals surface area contributed by atoms with Crippen LogP contribution in [0.1, 0.15) is 45.4 Å². The van der Waals surface area contributed by atoms with Crippen molar-refractivity contribution in [1.82, 2.24) is 14.7 Å². The number of aromatic nitrogens is 2. The number of hydrogen-bond acceptors (Lipinski definition) is 4. The average Bonchev–Trinajstić information content (AvgIpc) is 3.35. The molecule has 1 unspecified atom stereocenters. The van der Waals surface area contributed by atoms with E-state index in [9.17, 15) is 4.79 Å². The van der Waals surface area contributed by atoms with Crippen LogP contribution in [0, 0.1) is 0 Å². The van der Waals surface area contributed by atoms with Crippen molar-refractivity contribution in [2.24, 2.45) is 0 Å². The Bertz CT molecular complexity index is 762. The average molecular weight is 419 g/mol. The first-order chi connectivity index (χ1) is 14.2. The first-order valence-electron chi connectivity index (χ1n) is 10.5. The molecule has 7 heteroatoms. The number of carbonyl (C=O) groups is 1. The maximum Gasteiger partial charge on any atom is 0.224 e. The first-order valence-corrected chi connectivity index (χ1v) is 11.1. The van der Waals surface area contributed by atoms with Gasteiger partial charge in [0, 0.05) is 24.9 Å². The number of rotatable bonds is 11. The van der Waals surface area contributed by atoms with Gasteiger partial charge in [0.05, 0.1) is 30.4 Å². The Labute approximate surface area is 178 Å². The summed E-state index contributed by atoms with van der Waals surface area (Å²) in [4.78, 5) is 14.4. The number of halogens is 1. The summed E-state index contributed by atoms with van der Waals surface area (Å²) in [5.74, 6) is 1.44. The van der Waals surface area contributed by atoms with Crippen molar-refractivity contribution in [1.29, 1.82) is 0 Å². The number of benzene rings is 1. The molecule has 0 aliphatic carbocycles. The summed E-state index contributed by atoms with van der Waals surface area (Å²) in [6.45, 7) is 5.35. The second kappa shape index (κ2) is 11.2. The number of nitrogens with zero attached hydrogens (tertiary/aromatic N) is 3. The van der Waals surface area contributed by atoms with Crippen molar-refractivity contribution in [3.63, 3.8) is 0 Å². The van der Waals surface area contributed by atoms with Gasteiger partial charge in [0.1, 0.15) is 5.75 Å². The molecule has 1 aliphatic rings. The van der Waals surface area contributed by atoms with Crippen LogP contribution in [0.2, 0.25) is 0 Å². The van der Waals surface area contributed by atoms with E-state index < -0.39 is 0 Å². The monoisotopic (exact) mass is 418 g/mol. The zero-order chi connectivity index (χ0) is 20.5. The predicted octanol–water partition coefficient (Wildman–Crippen LogP) is 4.47. The maximum atomic E-state index is 11.9. The SMILES string of the molecule is CC1CCCN1CCCOc1ccc(-n2cc(NC(=O)CCCCCl)cn2)cc1. The summed E-state index contributed by atoms with van der Waals surface area (Å²) in [6, 6.07) is 8.57. The quantitative estimate of drug-likeness (QED) is 0.432. The van der Waals surface area contributed by atoms with Gasteiger partial charge in [-0.2, -0.15) is 5.10 Å². The van der Waals surface area contributed by atoms with Crippen molar-refractivity contribution >= 4 is 23.2 Å². The molecule has 1 amide bonds. The molecule has 1 aromatic carbocycles. The molecule has 158 valence electrons. The minimum atomic E-state index is -0.0123. The summed E-state index contributed by atoms with van der Waals surface area (Å²) in [5.41, 5.74) is 1.61. The van der Waals surface area contributed by atoms with E-state index in [1.54, 1.807) is 10.9 Å². The van der Waals surface area contributed by atoms with Gasteiger partial charge in [0.25, 0.3) is 0 Å². The molecule has 6 nitrogen and oxygen atoms in total. The lowest BCUT2D eigenvalue weighted by molar-refractivity contribution is -0.116. The van der Waals surface area contributed by atoms with Gasteiger partial charge >= 0.3 is 0 Å². The highest BCUT2D eigenvalue weighted by Gasteiger charge is 2.19. The van der Waals surface area contributed by atoms with Gasteiger partial charge in [0.15, 0.2) is 0 Å². The third-order valence-electron chi connectivity index (χ3n) is 5.30. The van der Waals surface area contributed by atoms with Crippen molar-refractivity contribution in [2.75, 3.05) is 30.9 Å². The molecule has 2 heterocycles. The third-order valence-corrected chi connectivity index (χ3v) is 5.57. The molecular weight excluding hydrogens is 388 g/mol. The zero-order valence-corrected chi connectivity index (χ0v) is 17.9. The van der Waals surface area contributed by atoms with Crippen molar-refractivity contribution in [3.05, 3.63) is 36.7 Å². The van der Waals surface area contributed by atoms with Gasteiger partial charge in [-0.15, -0.1) is 11.6 Å². The summed E-state index contributed by atoms with van der Waals surface area (Å²) in [7, 11) is 0. The highest BCUT2D eigenvalue weighted by atomic mass is 35.5. The third kappa shape index (κ3) is 6.75. The minimum absolute atomic E-state index is 0.0123. The summed E-state index contributed by atoms with van der Waals surface area (Å²) < 4.78 is 7.62. The Morgan fingerprint density at radius 1 is 1.28 bits per heavy atom. The molecular formula is C22H31ClN4O2. The Morgan fingerprint density at radius 3 is 2.83 bits per heavy atom. The predicted molar refractivity (Wildman–Crippen MR) is 117 cm³/mol. The molecule has 1 atom stereocenters. The van der Waals surface area contributed by atoms with Crippen molar-refractivity contribution in [2.45, 2.75) is 51.5 Å². The largest absolute Gasteiger partial charge is 0.494 e. The summed E-state index contributed by atoms with van der Waals surface area (Å²) in [6.07, 6.45) is 9.25. The Morgan fingerprint density at radius 2 is 2.10 bits per heavy atom. The van der Waals surface area contributed by atoms with Crippen molar-refractivity contribution < 1.29 is 9.53 Å². The first kappa shape index (κ1) is 21.7. The van der Waals surface area contributed by atoms with Crippen LogP contribution < -0.4 is 10.1 Å². The van der Waals surface area contributed by atoms with E-state index in [1.165, 1.54) is 19.4 Å². The fraction of sp³-hybridized carbons (Fsp3) is 0.545. The molecule has 0 saturated carbocycles. The molecule has 1 saturated heterocycles. The van der Waals surface area contributed by atoms with E-state index in [0.29, 0.717) is 24.0 Å². The van der Waals surface area contributed by atoms with E-state index in [0.717, 1.165) is 43.9 Å². The highest BCUT2D eigenvalue weighted by molar-refractivity contribution is 6.17. The summed E-state index contributed by atoms with van der Waals surface area (Å²) in [5, 5.41) is 7.20. The minimum Gasteiger partial charge on any atom is -0.494 e. The molecule has 0 spiro atoms. The molecule has 3 rings (SSSR count). The number of anilines is 1. The standard InChI is InChI=1S/C22H31ClN4O2/c1-18-6-4-13-26(18)14-5-15-29-21-10-8-20(9-11-21)27-17-19(16-24-27)25-22(28)7-2-3-12-23/h8-11,16-18H,2-7,12-15H2,1H3,(H,25,28). The fourth-order valence-corrected chi connectivity index (χ4v) is 3.80. The maximum absolute atomic E-state index is 11.9. The lowest BCUT2D eigenvalue weighted by atomic mass is 10.2. The zero-order valence-electron chi connectivity index (χ0n) is 17.1. The number of carbonyl (C=O) groups excluding carboxylic acids is 1. The number of hydrogen-bond donors (Lipinski definition) is 1. The molecule has 0 radical (unpaired) electrons. The molecule has 29 heavy (non-hydrogen) atoms. The van der Waals surface area contributed by atoms with Crippen LogP contribution >= 0.6 is 11.6 Å². The lowest BCUT2D eigenvalue weighted by Crippen LogP contribution is -2.28. The molecule has 1 aromatic heterocycles. The number of likely N-dealkylation sites (tertiary alicyclic amines) is 1. The number of amides is 1. The number of nitrogens with one attached hydrogen (secondary N) is 1. The smallest absolute Gasteiger partial charge is 0.224 e. The van der Waals surface area contributed by atoms with E-state index in [2.05, 4.69) is 22.2 Å². The second-order valence-corrected chi connectivity index (χ2v) is 7.97. The lowest BCUT2D eigenvalue weighted by Gasteiger charge is -2.20. The van der Waals surface area contributed by atoms with Crippen LogP contribution in [0.25, 0.3) is 5.69 Å². The van der Waals surface area contributed by atoms with Crippen LogP contribution in [-0.4, -0.2) is 52.2 Å². The Balaban J connectivity index is 1.42. The fourth-order valence-electron chi connectivity index (χ4n) is 3.61. The van der Waals surface area contributed by atoms with Gasteiger partial charge in [-0.25, -0.2) is 4.68 Å². The van der Waals surface area contributed by atoms with E-state index in [1.807, 2.05) is 30.5 Å². The van der Waals surface area contributed by atoms with Gasteiger partial charge < -0.3 is 15.0 Å². The van der Waals surface area contributed by atoms with Crippen LogP contribution in [0.4, 0.5) is 5.69 Å². The van der Waals surface area contributed by atoms with E-state index >= 15 is 0 Å². The number of ether oxygens (including phenoxy) is 1. The van der Waals surface area contributed by atoms with E-state index in [-0.39, 0.29) is 5.91 Å². The summed E-state index contributed by atoms with van der Waals surface area (Å²) >= 11 is 5.64. The molecule has 0 bridgehead atoms. The van der Waals surface area contributed by atoms with Gasteiger partial charge in [-0.05, 0) is 69.8 Å². The van der Waals surface area contributed by atoms with Crippen molar-refractivity contribution in [3.8, 4) is 11.4 Å². The van der Waals surface area contributed by atoms with Gasteiger partial charge in [-0.1, -0.05) is 0 Å². The van der Waals surface area contributed by atoms with Crippen LogP contribution in [-0.2, 0) is 4.79 Å². The number of alkyl halides is 1. The van der Waals surface area contributed by atoms with Crippen LogP contribution in [0.3, 0.4) is 0 Å². The van der Waals surface area contributed by atoms with Gasteiger partial charge in [0.2, 0.25) is 5.91 Å².